The molecule has 0 saturated carbocycles. The first-order chi connectivity index (χ1) is 9.22. The summed E-state index contributed by atoms with van der Waals surface area (Å²) in [7, 11) is 0. The molecule has 3 nitrogen and oxygen atoms in total. The summed E-state index contributed by atoms with van der Waals surface area (Å²) in [6, 6.07) is 13.0. The lowest BCUT2D eigenvalue weighted by atomic mass is 10.1. The number of para-hydroxylation sites is 2. The zero-order chi connectivity index (χ0) is 13.4. The van der Waals surface area contributed by atoms with E-state index in [1.807, 2.05) is 25.1 Å². The molecule has 3 heteroatoms. The van der Waals surface area contributed by atoms with E-state index >= 15 is 0 Å². The van der Waals surface area contributed by atoms with Crippen LogP contribution in [0.25, 0.3) is 21.9 Å². The van der Waals surface area contributed by atoms with E-state index in [4.69, 9.17) is 9.68 Å². The Bertz CT molecular complexity index is 885. The molecule has 0 saturated heterocycles. The van der Waals surface area contributed by atoms with Crippen molar-refractivity contribution < 1.29 is 4.42 Å². The van der Waals surface area contributed by atoms with Gasteiger partial charge in [-0.3, -0.25) is 4.79 Å². The average molecular weight is 249 g/mol. The molecule has 3 rings (SSSR count). The van der Waals surface area contributed by atoms with E-state index in [9.17, 15) is 4.79 Å². The quantitative estimate of drug-likeness (QED) is 0.621. The van der Waals surface area contributed by atoms with Gasteiger partial charge in [0, 0.05) is 5.56 Å². The van der Waals surface area contributed by atoms with Crippen molar-refractivity contribution in [2.45, 2.75) is 13.3 Å². The lowest BCUT2D eigenvalue weighted by Gasteiger charge is -2.06. The predicted octanol–water partition coefficient (Wildman–Crippen LogP) is 3.32. The van der Waals surface area contributed by atoms with Crippen LogP contribution in [0.5, 0.6) is 0 Å². The second-order valence-corrected chi connectivity index (χ2v) is 4.51. The number of hydrogen-bond acceptors (Lipinski definition) is 3. The third-order valence-electron chi connectivity index (χ3n) is 3.27. The summed E-state index contributed by atoms with van der Waals surface area (Å²) in [4.78, 5) is 12.5. The molecule has 0 atom stereocenters. The van der Waals surface area contributed by atoms with E-state index < -0.39 is 0 Å². The van der Waals surface area contributed by atoms with Gasteiger partial charge in [-0.05, 0) is 24.6 Å². The second kappa shape index (κ2) is 4.25. The monoisotopic (exact) mass is 249 g/mol. The minimum atomic E-state index is -0.0419. The van der Waals surface area contributed by atoms with Crippen LogP contribution in [0.4, 0.5) is 0 Å². The Morgan fingerprint density at radius 2 is 1.79 bits per heavy atom. The average Bonchev–Trinajstić information content (AvgIpc) is 2.42. The Morgan fingerprint density at radius 3 is 2.53 bits per heavy atom. The maximum atomic E-state index is 12.5. The summed E-state index contributed by atoms with van der Waals surface area (Å²) < 4.78 is 5.89. The van der Waals surface area contributed by atoms with E-state index in [0.29, 0.717) is 21.9 Å². The molecule has 3 aromatic rings. The summed E-state index contributed by atoms with van der Waals surface area (Å²) in [5.74, 6) is 0. The first kappa shape index (κ1) is 11.5. The fourth-order valence-electron chi connectivity index (χ4n) is 2.32. The van der Waals surface area contributed by atoms with E-state index in [1.165, 1.54) is 0 Å². The van der Waals surface area contributed by atoms with Gasteiger partial charge in [-0.15, -0.1) is 0 Å². The van der Waals surface area contributed by atoms with Crippen molar-refractivity contribution in [3.63, 3.8) is 0 Å². The summed E-state index contributed by atoms with van der Waals surface area (Å²) in [5.41, 5.74) is 2.76. The topological polar surface area (TPSA) is 54.0 Å². The minimum Gasteiger partial charge on any atom is -0.455 e. The Balaban J connectivity index is 2.55. The SMILES string of the molecule is Cc1cccc2c(=O)c3cccc(CC#N)c3oc12. The highest BCUT2D eigenvalue weighted by molar-refractivity contribution is 5.92. The fraction of sp³-hybridized carbons (Fsp3) is 0.125. The third-order valence-corrected chi connectivity index (χ3v) is 3.27. The van der Waals surface area contributed by atoms with Crippen molar-refractivity contribution in [1.29, 1.82) is 5.26 Å². The van der Waals surface area contributed by atoms with Crippen molar-refractivity contribution in [2.75, 3.05) is 0 Å². The Hall–Kier alpha value is -2.60. The maximum Gasteiger partial charge on any atom is 0.200 e. The number of fused-ring (bicyclic) bond motifs is 2. The van der Waals surface area contributed by atoms with Gasteiger partial charge in [0.15, 0.2) is 0 Å². The molecule has 19 heavy (non-hydrogen) atoms. The maximum absolute atomic E-state index is 12.5. The molecule has 0 N–H and O–H groups in total. The van der Waals surface area contributed by atoms with E-state index in [0.717, 1.165) is 11.1 Å². The normalized spacial score (nSPS) is 10.7. The van der Waals surface area contributed by atoms with E-state index in [-0.39, 0.29) is 11.8 Å². The third kappa shape index (κ3) is 1.69. The first-order valence-electron chi connectivity index (χ1n) is 6.03. The van der Waals surface area contributed by atoms with E-state index in [1.54, 1.807) is 18.2 Å². The van der Waals surface area contributed by atoms with Crippen LogP contribution in [0.2, 0.25) is 0 Å². The number of hydrogen-bond donors (Lipinski definition) is 0. The van der Waals surface area contributed by atoms with Gasteiger partial charge < -0.3 is 4.42 Å². The molecule has 0 amide bonds. The van der Waals surface area contributed by atoms with Crippen molar-refractivity contribution in [1.82, 2.24) is 0 Å². The number of rotatable bonds is 1. The zero-order valence-electron chi connectivity index (χ0n) is 10.4. The Kier molecular flexibility index (Phi) is 2.57. The summed E-state index contributed by atoms with van der Waals surface area (Å²) in [5, 5.41) is 9.96. The van der Waals surface area contributed by atoms with Crippen molar-refractivity contribution >= 4 is 21.9 Å². The van der Waals surface area contributed by atoms with Gasteiger partial charge in [-0.25, -0.2) is 0 Å². The minimum absolute atomic E-state index is 0.0419. The van der Waals surface area contributed by atoms with Gasteiger partial charge in [0.1, 0.15) is 11.2 Å². The zero-order valence-corrected chi connectivity index (χ0v) is 10.4. The molecule has 0 bridgehead atoms. The van der Waals surface area contributed by atoms with Gasteiger partial charge in [-0.2, -0.15) is 5.26 Å². The van der Waals surface area contributed by atoms with Crippen molar-refractivity contribution in [3.05, 3.63) is 57.7 Å². The Labute approximate surface area is 109 Å². The summed E-state index contributed by atoms with van der Waals surface area (Å²) in [6.07, 6.45) is 0.234. The highest BCUT2D eigenvalue weighted by Crippen LogP contribution is 2.24. The smallest absolute Gasteiger partial charge is 0.200 e. The molecule has 0 unspecified atom stereocenters. The van der Waals surface area contributed by atoms with Gasteiger partial charge in [0.25, 0.3) is 0 Å². The molecule has 0 aliphatic carbocycles. The number of nitrogens with zero attached hydrogens (tertiary/aromatic N) is 1. The number of nitriles is 1. The Morgan fingerprint density at radius 1 is 1.11 bits per heavy atom. The van der Waals surface area contributed by atoms with Crippen LogP contribution in [-0.2, 0) is 6.42 Å². The first-order valence-corrected chi connectivity index (χ1v) is 6.03. The van der Waals surface area contributed by atoms with Crippen LogP contribution in [0.15, 0.2) is 45.6 Å². The van der Waals surface area contributed by atoms with Gasteiger partial charge in [0.2, 0.25) is 5.43 Å². The largest absolute Gasteiger partial charge is 0.455 e. The van der Waals surface area contributed by atoms with Gasteiger partial charge in [-0.1, -0.05) is 24.3 Å². The molecule has 0 fully saturated rings. The van der Waals surface area contributed by atoms with Crippen LogP contribution < -0.4 is 5.43 Å². The lowest BCUT2D eigenvalue weighted by molar-refractivity contribution is 0.652. The molecule has 1 heterocycles. The van der Waals surface area contributed by atoms with Crippen LogP contribution >= 0.6 is 0 Å². The fourth-order valence-corrected chi connectivity index (χ4v) is 2.32. The molecule has 1 aromatic heterocycles. The molecule has 0 aliphatic heterocycles. The molecule has 0 radical (unpaired) electrons. The van der Waals surface area contributed by atoms with Crippen LogP contribution in [0.1, 0.15) is 11.1 Å². The number of benzene rings is 2. The highest BCUT2D eigenvalue weighted by Gasteiger charge is 2.11. The standard InChI is InChI=1S/C16H11NO2/c1-10-4-2-6-12-14(18)13-7-3-5-11(8-9-17)16(13)19-15(10)12/h2-7H,8H2,1H3. The molecule has 0 aliphatic rings. The summed E-state index contributed by atoms with van der Waals surface area (Å²) in [6.45, 7) is 1.91. The van der Waals surface area contributed by atoms with E-state index in [2.05, 4.69) is 6.07 Å². The molecular formula is C16H11NO2. The molecule has 92 valence electrons. The lowest BCUT2D eigenvalue weighted by Crippen LogP contribution is -2.03. The number of aryl methyl sites for hydroxylation is 1. The molecule has 0 spiro atoms. The predicted molar refractivity (Wildman–Crippen MR) is 74.0 cm³/mol. The molecule has 2 aromatic carbocycles. The van der Waals surface area contributed by atoms with Crippen LogP contribution in [0, 0.1) is 18.3 Å². The second-order valence-electron chi connectivity index (χ2n) is 4.51. The van der Waals surface area contributed by atoms with Gasteiger partial charge in [0.05, 0.1) is 23.3 Å². The van der Waals surface area contributed by atoms with Gasteiger partial charge >= 0.3 is 0 Å². The van der Waals surface area contributed by atoms with Crippen LogP contribution in [-0.4, -0.2) is 0 Å². The summed E-state index contributed by atoms with van der Waals surface area (Å²) >= 11 is 0. The van der Waals surface area contributed by atoms with Crippen molar-refractivity contribution in [3.8, 4) is 6.07 Å². The van der Waals surface area contributed by atoms with Crippen LogP contribution in [0.3, 0.4) is 0 Å². The van der Waals surface area contributed by atoms with Crippen molar-refractivity contribution in [2.24, 2.45) is 0 Å². The molecular weight excluding hydrogens is 238 g/mol. The highest BCUT2D eigenvalue weighted by atomic mass is 16.3.